The van der Waals surface area contributed by atoms with Crippen molar-refractivity contribution >= 4 is 15.7 Å². The minimum Gasteiger partial charge on any atom is -0.396 e. The molecule has 0 fully saturated rings. The fourth-order valence-corrected chi connectivity index (χ4v) is 1.25. The summed E-state index contributed by atoms with van der Waals surface area (Å²) in [5, 5.41) is 11.5. The molecule has 2 unspecified atom stereocenters. The molecule has 0 aromatic rings. The number of rotatable bonds is 5. The smallest absolute Gasteiger partial charge is 0.241 e. The Morgan fingerprint density at radius 1 is 1.38 bits per heavy atom. The van der Waals surface area contributed by atoms with E-state index in [1.165, 1.54) is 13.8 Å². The summed E-state index contributed by atoms with van der Waals surface area (Å²) in [5.41, 5.74) is 0. The van der Waals surface area contributed by atoms with Crippen molar-refractivity contribution in [2.45, 2.75) is 38.5 Å². The second kappa shape index (κ2) is 5.14. The van der Waals surface area contributed by atoms with Gasteiger partial charge in [-0.15, -0.1) is 0 Å². The molecule has 2 atom stereocenters. The van der Waals surface area contributed by atoms with Gasteiger partial charge in [0.2, 0.25) is 5.91 Å². The van der Waals surface area contributed by atoms with Crippen molar-refractivity contribution in [1.82, 2.24) is 5.32 Å². The van der Waals surface area contributed by atoms with Gasteiger partial charge in [0.25, 0.3) is 0 Å². The van der Waals surface area contributed by atoms with Crippen LogP contribution in [0.5, 0.6) is 0 Å². The molecule has 0 aliphatic heterocycles. The van der Waals surface area contributed by atoms with Crippen molar-refractivity contribution < 1.29 is 18.3 Å². The number of aliphatic hydroxyl groups is 1. The first-order chi connectivity index (χ1) is 7.04. The quantitative estimate of drug-likeness (QED) is 0.717. The highest BCUT2D eigenvalue weighted by Gasteiger charge is 2.39. The Labute approximate surface area is 97.2 Å². The zero-order chi connectivity index (χ0) is 13.1. The zero-order valence-electron chi connectivity index (χ0n) is 10.4. The van der Waals surface area contributed by atoms with E-state index in [-0.39, 0.29) is 18.6 Å². The Hall–Kier alpha value is -0.620. The van der Waals surface area contributed by atoms with Gasteiger partial charge in [-0.2, -0.15) is 0 Å². The molecule has 0 heterocycles. The van der Waals surface area contributed by atoms with Gasteiger partial charge in [0.05, 0.1) is 0 Å². The molecule has 0 aliphatic rings. The Morgan fingerprint density at radius 3 is 2.12 bits per heavy atom. The lowest BCUT2D eigenvalue weighted by Crippen LogP contribution is -2.51. The molecule has 16 heavy (non-hydrogen) atoms. The van der Waals surface area contributed by atoms with Gasteiger partial charge in [0.1, 0.15) is 4.75 Å². The highest BCUT2D eigenvalue weighted by molar-refractivity contribution is 7.92. The van der Waals surface area contributed by atoms with Gasteiger partial charge in [0.15, 0.2) is 9.84 Å². The van der Waals surface area contributed by atoms with Crippen LogP contribution in [0.15, 0.2) is 0 Å². The third kappa shape index (κ3) is 3.45. The maximum atomic E-state index is 11.8. The molecule has 0 radical (unpaired) electrons. The summed E-state index contributed by atoms with van der Waals surface area (Å²) in [5.74, 6) is -0.651. The van der Waals surface area contributed by atoms with E-state index in [2.05, 4.69) is 5.32 Å². The van der Waals surface area contributed by atoms with Crippen molar-refractivity contribution in [3.8, 4) is 0 Å². The van der Waals surface area contributed by atoms with Crippen LogP contribution in [0.25, 0.3) is 0 Å². The molecule has 1 amide bonds. The summed E-state index contributed by atoms with van der Waals surface area (Å²) in [4.78, 5) is 11.8. The van der Waals surface area contributed by atoms with E-state index in [1.807, 2.05) is 0 Å². The number of nitrogens with one attached hydrogen (secondary N) is 1. The van der Waals surface area contributed by atoms with Gasteiger partial charge in [-0.25, -0.2) is 8.42 Å². The first kappa shape index (κ1) is 15.4. The Morgan fingerprint density at radius 2 is 1.81 bits per heavy atom. The average molecular weight is 251 g/mol. The van der Waals surface area contributed by atoms with E-state index < -0.39 is 20.5 Å². The average Bonchev–Trinajstić information content (AvgIpc) is 2.14. The number of hydrogen-bond acceptors (Lipinski definition) is 4. The van der Waals surface area contributed by atoms with Gasteiger partial charge < -0.3 is 10.4 Å². The molecular weight excluding hydrogens is 230 g/mol. The van der Waals surface area contributed by atoms with E-state index >= 15 is 0 Å². The molecule has 5 nitrogen and oxygen atoms in total. The maximum absolute atomic E-state index is 11.8. The predicted octanol–water partition coefficient (Wildman–Crippen LogP) is -0.0573. The van der Waals surface area contributed by atoms with Gasteiger partial charge >= 0.3 is 0 Å². The minimum absolute atomic E-state index is 0.0548. The van der Waals surface area contributed by atoms with E-state index in [0.29, 0.717) is 0 Å². The van der Waals surface area contributed by atoms with Crippen LogP contribution in [-0.2, 0) is 14.6 Å². The monoisotopic (exact) mass is 251 g/mol. The highest BCUT2D eigenvalue weighted by atomic mass is 32.2. The van der Waals surface area contributed by atoms with Gasteiger partial charge in [0, 0.05) is 18.9 Å². The van der Waals surface area contributed by atoms with Gasteiger partial charge in [-0.05, 0) is 26.7 Å². The van der Waals surface area contributed by atoms with Crippen LogP contribution in [0.2, 0.25) is 0 Å². The summed E-state index contributed by atoms with van der Waals surface area (Å²) in [6, 6.07) is -0.265. The fraction of sp³-hybridized carbons (Fsp3) is 0.900. The van der Waals surface area contributed by atoms with Crippen LogP contribution in [0.1, 0.15) is 27.7 Å². The van der Waals surface area contributed by atoms with Crippen molar-refractivity contribution in [1.29, 1.82) is 0 Å². The van der Waals surface area contributed by atoms with Crippen LogP contribution in [0, 0.1) is 5.92 Å². The van der Waals surface area contributed by atoms with Crippen LogP contribution in [0.3, 0.4) is 0 Å². The molecule has 0 aromatic carbocycles. The lowest BCUT2D eigenvalue weighted by Gasteiger charge is -2.26. The standard InChI is InChI=1S/C10H21NO4S/c1-7(6-12)8(2)11-9(13)10(3,4)16(5,14)15/h7-8,12H,6H2,1-5H3,(H,11,13). The van der Waals surface area contributed by atoms with Crippen molar-refractivity contribution in [3.63, 3.8) is 0 Å². The van der Waals surface area contributed by atoms with Crippen LogP contribution in [0.4, 0.5) is 0 Å². The van der Waals surface area contributed by atoms with Crippen LogP contribution in [-0.4, -0.2) is 43.1 Å². The molecule has 2 N–H and O–H groups in total. The Balaban J connectivity index is 4.73. The lowest BCUT2D eigenvalue weighted by molar-refractivity contribution is -0.123. The molecule has 0 aromatic heterocycles. The normalized spacial score (nSPS) is 16.6. The van der Waals surface area contributed by atoms with E-state index in [9.17, 15) is 13.2 Å². The first-order valence-electron chi connectivity index (χ1n) is 5.15. The third-order valence-electron chi connectivity index (χ3n) is 2.97. The van der Waals surface area contributed by atoms with Crippen molar-refractivity contribution in [3.05, 3.63) is 0 Å². The molecule has 0 bridgehead atoms. The number of carbonyl (C=O) groups is 1. The van der Waals surface area contributed by atoms with Crippen LogP contribution >= 0.6 is 0 Å². The maximum Gasteiger partial charge on any atom is 0.241 e. The number of carbonyl (C=O) groups excluding carboxylic acids is 1. The molecular formula is C10H21NO4S. The number of hydrogen-bond donors (Lipinski definition) is 2. The predicted molar refractivity (Wildman–Crippen MR) is 62.8 cm³/mol. The third-order valence-corrected chi connectivity index (χ3v) is 5.01. The Bertz CT molecular complexity index is 348. The number of sulfone groups is 1. The zero-order valence-corrected chi connectivity index (χ0v) is 11.3. The topological polar surface area (TPSA) is 83.5 Å². The van der Waals surface area contributed by atoms with Gasteiger partial charge in [-0.1, -0.05) is 6.92 Å². The van der Waals surface area contributed by atoms with Crippen molar-refractivity contribution in [2.24, 2.45) is 5.92 Å². The summed E-state index contributed by atoms with van der Waals surface area (Å²) in [6.45, 7) is 6.19. The molecule has 0 rings (SSSR count). The largest absolute Gasteiger partial charge is 0.396 e. The summed E-state index contributed by atoms with van der Waals surface area (Å²) < 4.78 is 21.4. The first-order valence-corrected chi connectivity index (χ1v) is 7.04. The summed E-state index contributed by atoms with van der Waals surface area (Å²) >= 11 is 0. The molecule has 0 spiro atoms. The van der Waals surface area contributed by atoms with Crippen molar-refractivity contribution in [2.75, 3.05) is 12.9 Å². The minimum atomic E-state index is -3.45. The molecule has 96 valence electrons. The lowest BCUT2D eigenvalue weighted by atomic mass is 10.0. The second-order valence-electron chi connectivity index (χ2n) is 4.70. The molecule has 0 aliphatic carbocycles. The Kier molecular flexibility index (Phi) is 4.94. The number of amides is 1. The van der Waals surface area contributed by atoms with Gasteiger partial charge in [-0.3, -0.25) is 4.79 Å². The molecule has 0 saturated heterocycles. The SMILES string of the molecule is CC(CO)C(C)NC(=O)C(C)(C)S(C)(=O)=O. The van der Waals surface area contributed by atoms with E-state index in [4.69, 9.17) is 5.11 Å². The number of aliphatic hydroxyl groups excluding tert-OH is 1. The molecule has 0 saturated carbocycles. The highest BCUT2D eigenvalue weighted by Crippen LogP contribution is 2.16. The fourth-order valence-electron chi connectivity index (χ4n) is 0.849. The second-order valence-corrected chi connectivity index (χ2v) is 7.27. The van der Waals surface area contributed by atoms with Crippen LogP contribution < -0.4 is 5.32 Å². The summed E-state index contributed by atoms with van der Waals surface area (Å²) in [7, 11) is -3.45. The summed E-state index contributed by atoms with van der Waals surface area (Å²) in [6.07, 6.45) is 1.03. The van der Waals surface area contributed by atoms with E-state index in [1.54, 1.807) is 13.8 Å². The molecule has 6 heteroatoms. The van der Waals surface area contributed by atoms with E-state index in [0.717, 1.165) is 6.26 Å².